The standard InChI is InChI=1S/C17H28N4O.HI/c1-19(2)17(20(3)4)18-12-14-9-10-21(13-14)15-7-6-8-16(11-15)22-5;/h6-8,11,14H,9-10,12-13H2,1-5H3;1H. The summed E-state index contributed by atoms with van der Waals surface area (Å²) in [7, 11) is 9.86. The highest BCUT2D eigenvalue weighted by Gasteiger charge is 2.23. The molecule has 1 aromatic rings. The third kappa shape index (κ3) is 5.44. The molecule has 1 aromatic carbocycles. The molecule has 1 aliphatic heterocycles. The van der Waals surface area contributed by atoms with Gasteiger partial charge < -0.3 is 19.4 Å². The molecule has 23 heavy (non-hydrogen) atoms. The van der Waals surface area contributed by atoms with E-state index in [1.54, 1.807) is 7.11 Å². The average Bonchev–Trinajstić information content (AvgIpc) is 2.95. The first-order valence-electron chi connectivity index (χ1n) is 7.79. The van der Waals surface area contributed by atoms with Crippen LogP contribution in [0.25, 0.3) is 0 Å². The Balaban J connectivity index is 0.00000264. The molecule has 1 atom stereocenters. The molecule has 1 fully saturated rings. The van der Waals surface area contributed by atoms with Gasteiger partial charge in [-0.05, 0) is 24.5 Å². The summed E-state index contributed by atoms with van der Waals surface area (Å²) in [4.78, 5) is 11.3. The van der Waals surface area contributed by atoms with Crippen molar-refractivity contribution in [3.8, 4) is 5.75 Å². The Labute approximate surface area is 157 Å². The maximum Gasteiger partial charge on any atom is 0.195 e. The van der Waals surface area contributed by atoms with E-state index in [0.29, 0.717) is 5.92 Å². The molecule has 1 aliphatic rings. The van der Waals surface area contributed by atoms with E-state index in [1.807, 2.05) is 34.3 Å². The molecule has 0 spiro atoms. The second kappa shape index (κ2) is 9.20. The molecule has 0 amide bonds. The Hall–Kier alpha value is -1.18. The van der Waals surface area contributed by atoms with Crippen molar-refractivity contribution in [2.45, 2.75) is 6.42 Å². The Morgan fingerprint density at radius 3 is 2.57 bits per heavy atom. The number of rotatable bonds is 4. The number of halogens is 1. The van der Waals surface area contributed by atoms with Crippen LogP contribution in [0.1, 0.15) is 6.42 Å². The van der Waals surface area contributed by atoms with Gasteiger partial charge in [-0.1, -0.05) is 6.07 Å². The van der Waals surface area contributed by atoms with Crippen LogP contribution in [0.15, 0.2) is 29.3 Å². The fraction of sp³-hybridized carbons (Fsp3) is 0.588. The zero-order valence-electron chi connectivity index (χ0n) is 14.8. The van der Waals surface area contributed by atoms with Crippen molar-refractivity contribution in [3.05, 3.63) is 24.3 Å². The molecule has 5 nitrogen and oxygen atoms in total. The summed E-state index contributed by atoms with van der Waals surface area (Å²) in [5, 5.41) is 0. The van der Waals surface area contributed by atoms with Crippen LogP contribution in [-0.2, 0) is 0 Å². The fourth-order valence-corrected chi connectivity index (χ4v) is 2.92. The van der Waals surface area contributed by atoms with Crippen LogP contribution in [0.5, 0.6) is 5.75 Å². The van der Waals surface area contributed by atoms with Gasteiger partial charge in [0.25, 0.3) is 0 Å². The number of hydrogen-bond donors (Lipinski definition) is 0. The van der Waals surface area contributed by atoms with E-state index in [1.165, 1.54) is 12.1 Å². The minimum atomic E-state index is 0. The van der Waals surface area contributed by atoms with E-state index in [-0.39, 0.29) is 24.0 Å². The smallest absolute Gasteiger partial charge is 0.195 e. The van der Waals surface area contributed by atoms with Crippen molar-refractivity contribution < 1.29 is 4.74 Å². The second-order valence-electron chi connectivity index (χ2n) is 6.23. The molecular formula is C17H29IN4O. The van der Waals surface area contributed by atoms with Crippen LogP contribution in [0.4, 0.5) is 5.69 Å². The maximum absolute atomic E-state index is 5.31. The molecule has 0 bridgehead atoms. The van der Waals surface area contributed by atoms with E-state index in [9.17, 15) is 0 Å². The summed E-state index contributed by atoms with van der Waals surface area (Å²) in [5.41, 5.74) is 1.24. The Morgan fingerprint density at radius 2 is 1.96 bits per heavy atom. The fourth-order valence-electron chi connectivity index (χ4n) is 2.92. The summed E-state index contributed by atoms with van der Waals surface area (Å²) in [5.74, 6) is 2.56. The molecule has 0 radical (unpaired) electrons. The van der Waals surface area contributed by atoms with E-state index >= 15 is 0 Å². The predicted octanol–water partition coefficient (Wildman–Crippen LogP) is 2.62. The van der Waals surface area contributed by atoms with E-state index < -0.39 is 0 Å². The van der Waals surface area contributed by atoms with Crippen molar-refractivity contribution >= 4 is 35.6 Å². The normalized spacial score (nSPS) is 16.6. The summed E-state index contributed by atoms with van der Waals surface area (Å²) < 4.78 is 5.31. The van der Waals surface area contributed by atoms with Gasteiger partial charge in [-0.3, -0.25) is 4.99 Å². The summed E-state index contributed by atoms with van der Waals surface area (Å²) in [6, 6.07) is 8.30. The number of ether oxygens (including phenoxy) is 1. The van der Waals surface area contributed by atoms with Crippen LogP contribution >= 0.6 is 24.0 Å². The molecule has 0 N–H and O–H groups in total. The Kier molecular flexibility index (Phi) is 7.94. The van der Waals surface area contributed by atoms with Crippen LogP contribution < -0.4 is 9.64 Å². The lowest BCUT2D eigenvalue weighted by Gasteiger charge is -2.23. The number of nitrogens with zero attached hydrogens (tertiary/aromatic N) is 4. The first-order valence-corrected chi connectivity index (χ1v) is 7.79. The van der Waals surface area contributed by atoms with Crippen LogP contribution in [0.3, 0.4) is 0 Å². The Bertz CT molecular complexity index is 509. The van der Waals surface area contributed by atoms with E-state index in [4.69, 9.17) is 9.73 Å². The summed E-state index contributed by atoms with van der Waals surface area (Å²) in [6.45, 7) is 3.03. The summed E-state index contributed by atoms with van der Waals surface area (Å²) >= 11 is 0. The van der Waals surface area contributed by atoms with Gasteiger partial charge in [0.1, 0.15) is 5.75 Å². The molecule has 0 aromatic heterocycles. The largest absolute Gasteiger partial charge is 0.497 e. The monoisotopic (exact) mass is 432 g/mol. The predicted molar refractivity (Wildman–Crippen MR) is 108 cm³/mol. The van der Waals surface area contributed by atoms with Gasteiger partial charge in [0.05, 0.1) is 7.11 Å². The molecule has 6 heteroatoms. The van der Waals surface area contributed by atoms with Gasteiger partial charge in [-0.2, -0.15) is 0 Å². The quantitative estimate of drug-likeness (QED) is 0.416. The van der Waals surface area contributed by atoms with Gasteiger partial charge in [-0.15, -0.1) is 24.0 Å². The number of aliphatic imine (C=N–C) groups is 1. The van der Waals surface area contributed by atoms with Gasteiger partial charge in [0.15, 0.2) is 5.96 Å². The second-order valence-corrected chi connectivity index (χ2v) is 6.23. The molecule has 0 aliphatic carbocycles. The first-order chi connectivity index (χ1) is 10.5. The van der Waals surface area contributed by atoms with Crippen LogP contribution in [0, 0.1) is 5.92 Å². The minimum absolute atomic E-state index is 0. The number of anilines is 1. The molecule has 0 saturated carbocycles. The highest BCUT2D eigenvalue weighted by Crippen LogP contribution is 2.27. The van der Waals surface area contributed by atoms with Gasteiger partial charge >= 0.3 is 0 Å². The van der Waals surface area contributed by atoms with Crippen LogP contribution in [0.2, 0.25) is 0 Å². The molecule has 130 valence electrons. The van der Waals surface area contributed by atoms with Crippen molar-refractivity contribution in [1.82, 2.24) is 9.80 Å². The molecule has 1 heterocycles. The zero-order valence-corrected chi connectivity index (χ0v) is 17.2. The lowest BCUT2D eigenvalue weighted by Crippen LogP contribution is -2.36. The van der Waals surface area contributed by atoms with E-state index in [0.717, 1.165) is 31.3 Å². The molecule has 1 saturated heterocycles. The average molecular weight is 432 g/mol. The number of guanidine groups is 1. The van der Waals surface area contributed by atoms with Gasteiger partial charge in [0, 0.05) is 59.6 Å². The lowest BCUT2D eigenvalue weighted by molar-refractivity contribution is 0.415. The van der Waals surface area contributed by atoms with Crippen molar-refractivity contribution in [1.29, 1.82) is 0 Å². The highest BCUT2D eigenvalue weighted by molar-refractivity contribution is 14.0. The van der Waals surface area contributed by atoms with Crippen molar-refractivity contribution in [3.63, 3.8) is 0 Å². The minimum Gasteiger partial charge on any atom is -0.497 e. The molecule has 2 rings (SSSR count). The topological polar surface area (TPSA) is 31.3 Å². The molecular weight excluding hydrogens is 403 g/mol. The van der Waals surface area contributed by atoms with Crippen LogP contribution in [-0.4, -0.2) is 70.7 Å². The maximum atomic E-state index is 5.31. The van der Waals surface area contributed by atoms with Gasteiger partial charge in [0.2, 0.25) is 0 Å². The third-order valence-electron chi connectivity index (χ3n) is 4.00. The van der Waals surface area contributed by atoms with Crippen molar-refractivity contribution in [2.75, 3.05) is 59.8 Å². The number of hydrogen-bond acceptors (Lipinski definition) is 3. The summed E-state index contributed by atoms with van der Waals surface area (Å²) in [6.07, 6.45) is 1.19. The zero-order chi connectivity index (χ0) is 16.1. The third-order valence-corrected chi connectivity index (χ3v) is 4.00. The first kappa shape index (κ1) is 19.9. The number of methoxy groups -OCH3 is 1. The van der Waals surface area contributed by atoms with E-state index in [2.05, 4.69) is 32.9 Å². The lowest BCUT2D eigenvalue weighted by atomic mass is 10.1. The van der Waals surface area contributed by atoms with Gasteiger partial charge in [-0.25, -0.2) is 0 Å². The molecule has 1 unspecified atom stereocenters. The number of benzene rings is 1. The van der Waals surface area contributed by atoms with Crippen molar-refractivity contribution in [2.24, 2.45) is 10.9 Å². The highest BCUT2D eigenvalue weighted by atomic mass is 127. The SMILES string of the molecule is COc1cccc(N2CCC(CN=C(N(C)C)N(C)C)C2)c1.I. The Morgan fingerprint density at radius 1 is 1.26 bits per heavy atom.